The Kier molecular flexibility index (Phi) is 12.7. The molecule has 3 heterocycles. The molecule has 3 N–H and O–H groups in total. The Morgan fingerprint density at radius 2 is 1.82 bits per heavy atom. The number of hydrogen-bond donors (Lipinski definition) is 3. The van der Waals surface area contributed by atoms with Crippen LogP contribution in [0.2, 0.25) is 10.0 Å². The highest BCUT2D eigenvalue weighted by molar-refractivity contribution is 6.35. The van der Waals surface area contributed by atoms with Crippen molar-refractivity contribution in [2.24, 2.45) is 0 Å². The Labute approximate surface area is 266 Å². The van der Waals surface area contributed by atoms with E-state index in [0.29, 0.717) is 47.7 Å². The second-order valence-corrected chi connectivity index (χ2v) is 10.3. The van der Waals surface area contributed by atoms with Gasteiger partial charge in [0.15, 0.2) is 0 Å². The normalized spacial score (nSPS) is 17.0. The molecule has 242 valence electrons. The molecule has 2 atom stereocenters. The first-order valence-corrected chi connectivity index (χ1v) is 14.1. The lowest BCUT2D eigenvalue weighted by Gasteiger charge is -2.30. The minimum Gasteiger partial charge on any atom is -0.493 e. The summed E-state index contributed by atoms with van der Waals surface area (Å²) in [5.74, 6) is 0.494. The molecule has 2 aromatic heterocycles. The highest BCUT2D eigenvalue weighted by Gasteiger charge is 2.45. The zero-order valence-corrected chi connectivity index (χ0v) is 25.3. The molecule has 0 amide bonds. The molecule has 0 spiro atoms. The van der Waals surface area contributed by atoms with Gasteiger partial charge in [-0.25, -0.2) is 9.97 Å². The number of aromatic hydroxyl groups is 1. The van der Waals surface area contributed by atoms with Gasteiger partial charge in [0.1, 0.15) is 24.3 Å². The van der Waals surface area contributed by atoms with Crippen molar-refractivity contribution in [2.45, 2.75) is 44.7 Å². The smallest absolute Gasteiger partial charge is 0.291 e. The topological polar surface area (TPSA) is 210 Å². The molecule has 4 aromatic rings. The molecule has 1 aliphatic rings. The first kappa shape index (κ1) is 34.8. The van der Waals surface area contributed by atoms with E-state index in [4.69, 9.17) is 68.1 Å². The summed E-state index contributed by atoms with van der Waals surface area (Å²) in [5.41, 5.74) is 1.60. The second-order valence-electron chi connectivity index (χ2n) is 9.42. The lowest BCUT2D eigenvalue weighted by Crippen LogP contribution is -2.34. The highest BCUT2D eigenvalue weighted by Crippen LogP contribution is 2.40. The number of aromatic nitrogens is 4. The number of imidazole rings is 2. The third-order valence-electron chi connectivity index (χ3n) is 6.27. The van der Waals surface area contributed by atoms with E-state index < -0.39 is 16.0 Å². The molecule has 18 heteroatoms. The summed E-state index contributed by atoms with van der Waals surface area (Å²) in [6.07, 6.45) is 8.41. The van der Waals surface area contributed by atoms with E-state index in [1.807, 2.05) is 45.7 Å². The molecule has 1 saturated heterocycles. The van der Waals surface area contributed by atoms with Gasteiger partial charge >= 0.3 is 0 Å². The molecule has 0 radical (unpaired) electrons. The molecular weight excluding hydrogens is 639 g/mol. The SMILES string of the molecule is CCCCn1c(O)cnc1-c1ccc(OCC2COC(Cn3ccnc3)(c3ccc(Cl)cc3Cl)O2)cc1.O=[N+]([O-])O.O=[N+]([O-])O. The van der Waals surface area contributed by atoms with Crippen LogP contribution in [0.1, 0.15) is 25.3 Å². The van der Waals surface area contributed by atoms with E-state index in [1.54, 1.807) is 24.7 Å². The number of hydrogen-bond acceptors (Lipinski definition) is 10. The van der Waals surface area contributed by atoms with Gasteiger partial charge < -0.3 is 34.3 Å². The Hall–Kier alpha value is -4.64. The fourth-order valence-corrected chi connectivity index (χ4v) is 4.95. The van der Waals surface area contributed by atoms with Crippen molar-refractivity contribution >= 4 is 23.2 Å². The lowest BCUT2D eigenvalue weighted by molar-refractivity contribution is -0.742. The highest BCUT2D eigenvalue weighted by atomic mass is 35.5. The number of benzene rings is 2. The molecule has 0 bridgehead atoms. The van der Waals surface area contributed by atoms with E-state index in [0.717, 1.165) is 24.2 Å². The van der Waals surface area contributed by atoms with Crippen molar-refractivity contribution in [3.05, 3.63) is 103 Å². The Morgan fingerprint density at radius 3 is 2.42 bits per heavy atom. The van der Waals surface area contributed by atoms with Gasteiger partial charge in [-0.2, -0.15) is 0 Å². The van der Waals surface area contributed by atoms with Gasteiger partial charge in [0.25, 0.3) is 10.2 Å². The molecule has 0 aliphatic carbocycles. The average Bonchev–Trinajstić information content (AvgIpc) is 3.72. The molecule has 1 aliphatic heterocycles. The first-order chi connectivity index (χ1) is 21.4. The maximum Gasteiger partial charge on any atom is 0.291 e. The van der Waals surface area contributed by atoms with Crippen molar-refractivity contribution < 1.29 is 39.9 Å². The zero-order chi connectivity index (χ0) is 33.0. The van der Waals surface area contributed by atoms with Crippen LogP contribution in [0.25, 0.3) is 11.4 Å². The van der Waals surface area contributed by atoms with Crippen molar-refractivity contribution in [1.29, 1.82) is 0 Å². The second kappa shape index (κ2) is 16.4. The maximum absolute atomic E-state index is 10.1. The van der Waals surface area contributed by atoms with Gasteiger partial charge in [0.2, 0.25) is 11.7 Å². The van der Waals surface area contributed by atoms with Crippen LogP contribution in [0.4, 0.5) is 0 Å². The lowest BCUT2D eigenvalue weighted by atomic mass is 10.1. The van der Waals surface area contributed by atoms with Gasteiger partial charge in [-0.05, 0) is 42.8 Å². The van der Waals surface area contributed by atoms with Crippen LogP contribution in [0.5, 0.6) is 11.6 Å². The zero-order valence-electron chi connectivity index (χ0n) is 23.8. The van der Waals surface area contributed by atoms with E-state index in [-0.39, 0.29) is 12.0 Å². The third-order valence-corrected chi connectivity index (χ3v) is 6.82. The fraction of sp³-hybridized carbons (Fsp3) is 0.333. The average molecular weight is 669 g/mol. The largest absolute Gasteiger partial charge is 0.493 e. The van der Waals surface area contributed by atoms with E-state index in [9.17, 15) is 5.11 Å². The Morgan fingerprint density at radius 1 is 1.13 bits per heavy atom. The fourth-order valence-electron chi connectivity index (χ4n) is 4.40. The molecule has 0 saturated carbocycles. The molecule has 5 rings (SSSR count). The summed E-state index contributed by atoms with van der Waals surface area (Å²) >= 11 is 12.7. The van der Waals surface area contributed by atoms with Crippen molar-refractivity contribution in [3.8, 4) is 23.0 Å². The summed E-state index contributed by atoms with van der Waals surface area (Å²) in [5, 5.41) is 38.4. The Balaban J connectivity index is 0.000000619. The van der Waals surface area contributed by atoms with Gasteiger partial charge in [0.05, 0.1) is 30.7 Å². The number of halogens is 2. The number of nitrogens with zero attached hydrogens (tertiary/aromatic N) is 6. The molecule has 2 aromatic carbocycles. The summed E-state index contributed by atoms with van der Waals surface area (Å²) in [4.78, 5) is 25.2. The monoisotopic (exact) mass is 668 g/mol. The van der Waals surface area contributed by atoms with Crippen LogP contribution in [0.15, 0.2) is 67.4 Å². The number of rotatable bonds is 10. The van der Waals surface area contributed by atoms with Crippen molar-refractivity contribution in [2.75, 3.05) is 13.2 Å². The van der Waals surface area contributed by atoms with Gasteiger partial charge in [-0.15, -0.1) is 20.2 Å². The first-order valence-electron chi connectivity index (χ1n) is 13.3. The van der Waals surface area contributed by atoms with Crippen LogP contribution in [0, 0.1) is 20.2 Å². The summed E-state index contributed by atoms with van der Waals surface area (Å²) in [6, 6.07) is 12.9. The molecule has 1 fully saturated rings. The maximum atomic E-state index is 10.1. The van der Waals surface area contributed by atoms with E-state index >= 15 is 0 Å². The van der Waals surface area contributed by atoms with Crippen LogP contribution in [-0.2, 0) is 28.4 Å². The number of unbranched alkanes of at least 4 members (excludes halogenated alkanes) is 1. The molecule has 2 unspecified atom stereocenters. The minimum absolute atomic E-state index is 0.169. The van der Waals surface area contributed by atoms with E-state index in [2.05, 4.69) is 16.9 Å². The quantitative estimate of drug-likeness (QED) is 0.147. The molecule has 16 nitrogen and oxygen atoms in total. The standard InChI is InChI=1S/C27H28Cl2N4O4.2HNO3/c1-2-3-11-33-25(34)14-31-26(33)19-4-7-21(8-5-19)35-15-22-16-36-27(37-22,17-32-12-10-30-18-32)23-9-6-20(28)13-24(23)29;2*2-1(3)4/h4-10,12-14,18,22,34H,2-3,11,15-17H2,1H3;2*(H,2,3,4). The van der Waals surface area contributed by atoms with Crippen LogP contribution in [-0.4, -0.2) is 64.1 Å². The summed E-state index contributed by atoms with van der Waals surface area (Å²) in [6.45, 7) is 3.83. The molecule has 45 heavy (non-hydrogen) atoms. The van der Waals surface area contributed by atoms with Crippen molar-refractivity contribution in [1.82, 2.24) is 19.1 Å². The van der Waals surface area contributed by atoms with E-state index in [1.165, 1.54) is 6.20 Å². The van der Waals surface area contributed by atoms with Crippen LogP contribution in [0.3, 0.4) is 0 Å². The van der Waals surface area contributed by atoms with Gasteiger partial charge in [-0.1, -0.05) is 42.6 Å². The minimum atomic E-state index is -1.50. The van der Waals surface area contributed by atoms with Crippen LogP contribution >= 0.6 is 23.2 Å². The predicted octanol–water partition coefficient (Wildman–Crippen LogP) is 5.21. The summed E-state index contributed by atoms with van der Waals surface area (Å²) < 4.78 is 22.4. The molecular formula is C27H30Cl2N6O10. The number of ether oxygens (including phenoxy) is 3. The van der Waals surface area contributed by atoms with Crippen LogP contribution < -0.4 is 4.74 Å². The Bertz CT molecular complexity index is 1520. The van der Waals surface area contributed by atoms with Gasteiger partial charge in [-0.3, -0.25) is 4.57 Å². The van der Waals surface area contributed by atoms with Crippen molar-refractivity contribution in [3.63, 3.8) is 0 Å². The predicted molar refractivity (Wildman–Crippen MR) is 158 cm³/mol. The third kappa shape index (κ3) is 10.2. The van der Waals surface area contributed by atoms with Gasteiger partial charge in [0, 0.05) is 35.1 Å². The summed E-state index contributed by atoms with van der Waals surface area (Å²) in [7, 11) is 0.